The number of sulfonamides is 1. The first-order valence-electron chi connectivity index (χ1n) is 8.73. The first-order chi connectivity index (χ1) is 14.7. The van der Waals surface area contributed by atoms with E-state index in [-0.39, 0.29) is 28.0 Å². The van der Waals surface area contributed by atoms with Gasteiger partial charge in [-0.3, -0.25) is 4.79 Å². The van der Waals surface area contributed by atoms with Crippen molar-refractivity contribution in [1.29, 1.82) is 0 Å². The number of aromatic nitrogens is 1. The van der Waals surface area contributed by atoms with Crippen molar-refractivity contribution in [3.05, 3.63) is 71.9 Å². The van der Waals surface area contributed by atoms with Gasteiger partial charge >= 0.3 is 6.61 Å². The van der Waals surface area contributed by atoms with Crippen LogP contribution in [0.4, 0.5) is 14.5 Å². The van der Waals surface area contributed by atoms with Crippen molar-refractivity contribution in [3.8, 4) is 5.75 Å². The lowest BCUT2D eigenvalue weighted by molar-refractivity contribution is -0.116. The van der Waals surface area contributed by atoms with Gasteiger partial charge in [0.1, 0.15) is 21.6 Å². The molecule has 2 heterocycles. The number of furan rings is 1. The summed E-state index contributed by atoms with van der Waals surface area (Å²) < 4.78 is 60.9. The average molecular weight is 472 g/mol. The van der Waals surface area contributed by atoms with Gasteiger partial charge in [-0.15, -0.1) is 0 Å². The van der Waals surface area contributed by atoms with E-state index in [1.54, 1.807) is 12.1 Å². The van der Waals surface area contributed by atoms with Crippen LogP contribution in [0.3, 0.4) is 0 Å². The fourth-order valence-corrected chi connectivity index (χ4v) is 3.97. The number of benzene rings is 1. The summed E-state index contributed by atoms with van der Waals surface area (Å²) in [6.07, 6.45) is 2.47. The Bertz CT molecular complexity index is 1110. The number of hydrogen-bond acceptors (Lipinski definition) is 6. The standard InChI is InChI=1S/C19H16ClF2N3O5S/c20-17-8-7-16(10-23-17)31(27,28)25(11-15-2-1-9-29-15)12-18(26)24-13-3-5-14(6-4-13)30-19(21)22/h1-10,19H,11-12H2,(H,24,26). The quantitative estimate of drug-likeness (QED) is 0.477. The summed E-state index contributed by atoms with van der Waals surface area (Å²) in [5, 5.41) is 2.63. The number of rotatable bonds is 9. The molecule has 0 spiro atoms. The van der Waals surface area contributed by atoms with Crippen LogP contribution in [-0.4, -0.2) is 36.8 Å². The zero-order valence-electron chi connectivity index (χ0n) is 15.7. The molecule has 0 unspecified atom stereocenters. The molecule has 12 heteroatoms. The lowest BCUT2D eigenvalue weighted by atomic mass is 10.3. The zero-order chi connectivity index (χ0) is 22.4. The van der Waals surface area contributed by atoms with Crippen molar-refractivity contribution in [1.82, 2.24) is 9.29 Å². The maximum absolute atomic E-state index is 13.0. The summed E-state index contributed by atoms with van der Waals surface area (Å²) in [5.41, 5.74) is 0.273. The third-order valence-electron chi connectivity index (χ3n) is 3.93. The van der Waals surface area contributed by atoms with E-state index in [1.165, 1.54) is 42.7 Å². The second kappa shape index (κ2) is 9.86. The molecule has 1 amide bonds. The number of nitrogens with zero attached hydrogens (tertiary/aromatic N) is 2. The molecule has 0 saturated carbocycles. The van der Waals surface area contributed by atoms with Crippen LogP contribution in [0.25, 0.3) is 0 Å². The molecule has 0 aliphatic heterocycles. The Balaban J connectivity index is 1.76. The molecule has 0 fully saturated rings. The Hall–Kier alpha value is -3.02. The number of ether oxygens (including phenoxy) is 1. The van der Waals surface area contributed by atoms with Gasteiger partial charge in [0.25, 0.3) is 0 Å². The summed E-state index contributed by atoms with van der Waals surface area (Å²) in [6, 6.07) is 11.0. The Labute approximate surface area is 181 Å². The lowest BCUT2D eigenvalue weighted by Crippen LogP contribution is -2.37. The number of amides is 1. The van der Waals surface area contributed by atoms with Gasteiger partial charge in [-0.25, -0.2) is 13.4 Å². The molecule has 2 aromatic heterocycles. The smallest absolute Gasteiger partial charge is 0.387 e. The lowest BCUT2D eigenvalue weighted by Gasteiger charge is -2.20. The number of nitrogens with one attached hydrogen (secondary N) is 1. The van der Waals surface area contributed by atoms with E-state index in [4.69, 9.17) is 16.0 Å². The van der Waals surface area contributed by atoms with Crippen molar-refractivity contribution in [2.24, 2.45) is 0 Å². The van der Waals surface area contributed by atoms with Gasteiger partial charge in [0, 0.05) is 11.9 Å². The van der Waals surface area contributed by atoms with Crippen LogP contribution in [0, 0.1) is 0 Å². The normalized spacial score (nSPS) is 11.6. The molecule has 0 radical (unpaired) electrons. The van der Waals surface area contributed by atoms with Gasteiger partial charge in [0.05, 0.1) is 19.4 Å². The molecule has 8 nitrogen and oxygen atoms in total. The van der Waals surface area contributed by atoms with Gasteiger partial charge in [0.2, 0.25) is 15.9 Å². The summed E-state index contributed by atoms with van der Waals surface area (Å²) >= 11 is 5.72. The van der Waals surface area contributed by atoms with Crippen molar-refractivity contribution >= 4 is 33.2 Å². The number of carbonyl (C=O) groups excluding carboxylic acids is 1. The van der Waals surface area contributed by atoms with Crippen LogP contribution in [0.5, 0.6) is 5.75 Å². The number of alkyl halides is 2. The number of hydrogen-bond donors (Lipinski definition) is 1. The highest BCUT2D eigenvalue weighted by atomic mass is 35.5. The fraction of sp³-hybridized carbons (Fsp3) is 0.158. The van der Waals surface area contributed by atoms with E-state index in [0.717, 1.165) is 10.5 Å². The van der Waals surface area contributed by atoms with Crippen LogP contribution in [0.1, 0.15) is 5.76 Å². The van der Waals surface area contributed by atoms with Crippen molar-refractivity contribution < 1.29 is 31.1 Å². The van der Waals surface area contributed by atoms with Crippen LogP contribution < -0.4 is 10.1 Å². The van der Waals surface area contributed by atoms with E-state index in [9.17, 15) is 22.0 Å². The number of halogens is 3. The van der Waals surface area contributed by atoms with E-state index in [0.29, 0.717) is 5.76 Å². The highest BCUT2D eigenvalue weighted by molar-refractivity contribution is 7.89. The molecule has 0 aliphatic carbocycles. The second-order valence-corrected chi connectivity index (χ2v) is 8.45. The highest BCUT2D eigenvalue weighted by Crippen LogP contribution is 2.21. The SMILES string of the molecule is O=C(CN(Cc1ccco1)S(=O)(=O)c1ccc(Cl)nc1)Nc1ccc(OC(F)F)cc1. The monoisotopic (exact) mass is 471 g/mol. The van der Waals surface area contributed by atoms with Crippen molar-refractivity contribution in [3.63, 3.8) is 0 Å². The molecule has 31 heavy (non-hydrogen) atoms. The summed E-state index contributed by atoms with van der Waals surface area (Å²) in [7, 11) is -4.11. The third kappa shape index (κ3) is 6.23. The molecule has 1 aromatic carbocycles. The summed E-state index contributed by atoms with van der Waals surface area (Å²) in [6.45, 7) is -3.71. The van der Waals surface area contributed by atoms with Gasteiger partial charge in [-0.05, 0) is 48.5 Å². The Morgan fingerprint density at radius 2 is 1.94 bits per heavy atom. The minimum absolute atomic E-state index is 0.0785. The molecule has 164 valence electrons. The molecule has 0 aliphatic rings. The zero-order valence-corrected chi connectivity index (χ0v) is 17.3. The van der Waals surface area contributed by atoms with Crippen molar-refractivity contribution in [2.75, 3.05) is 11.9 Å². The molecular weight excluding hydrogens is 456 g/mol. The van der Waals surface area contributed by atoms with E-state index >= 15 is 0 Å². The number of pyridine rings is 1. The topological polar surface area (TPSA) is 102 Å². The number of anilines is 1. The van der Waals surface area contributed by atoms with Gasteiger partial charge < -0.3 is 14.5 Å². The highest BCUT2D eigenvalue weighted by Gasteiger charge is 2.28. The first-order valence-corrected chi connectivity index (χ1v) is 10.5. The maximum Gasteiger partial charge on any atom is 0.387 e. The molecular formula is C19H16ClF2N3O5S. The maximum atomic E-state index is 13.0. The predicted octanol–water partition coefficient (Wildman–Crippen LogP) is 3.76. The summed E-state index contributed by atoms with van der Waals surface area (Å²) in [5.74, 6) is -0.406. The molecule has 3 rings (SSSR count). The Morgan fingerprint density at radius 3 is 2.52 bits per heavy atom. The van der Waals surface area contributed by atoms with E-state index in [2.05, 4.69) is 15.0 Å². The minimum Gasteiger partial charge on any atom is -0.468 e. The largest absolute Gasteiger partial charge is 0.468 e. The van der Waals surface area contributed by atoms with Gasteiger partial charge in [0.15, 0.2) is 0 Å². The van der Waals surface area contributed by atoms with Crippen LogP contribution in [-0.2, 0) is 21.4 Å². The molecule has 0 atom stereocenters. The first kappa shape index (κ1) is 22.7. The Morgan fingerprint density at radius 1 is 1.19 bits per heavy atom. The summed E-state index contributed by atoms with van der Waals surface area (Å²) in [4.78, 5) is 16.1. The molecule has 1 N–H and O–H groups in total. The number of carbonyl (C=O) groups is 1. The Kier molecular flexibility index (Phi) is 7.21. The molecule has 3 aromatic rings. The average Bonchev–Trinajstić information content (AvgIpc) is 3.22. The van der Waals surface area contributed by atoms with Crippen LogP contribution in [0.15, 0.2) is 70.3 Å². The van der Waals surface area contributed by atoms with E-state index in [1.807, 2.05) is 0 Å². The predicted molar refractivity (Wildman–Crippen MR) is 107 cm³/mol. The third-order valence-corrected chi connectivity index (χ3v) is 5.93. The molecule has 0 bridgehead atoms. The van der Waals surface area contributed by atoms with E-state index < -0.39 is 29.1 Å². The minimum atomic E-state index is -4.11. The molecule has 0 saturated heterocycles. The van der Waals surface area contributed by atoms with Gasteiger partial charge in [-0.1, -0.05) is 11.6 Å². The van der Waals surface area contributed by atoms with Crippen molar-refractivity contribution in [2.45, 2.75) is 18.1 Å². The van der Waals surface area contributed by atoms with Gasteiger partial charge in [-0.2, -0.15) is 13.1 Å². The second-order valence-electron chi connectivity index (χ2n) is 6.12. The van der Waals surface area contributed by atoms with Crippen LogP contribution in [0.2, 0.25) is 5.15 Å². The van der Waals surface area contributed by atoms with Crippen LogP contribution >= 0.6 is 11.6 Å². The fourth-order valence-electron chi connectivity index (χ4n) is 2.55.